The number of rotatable bonds is 3. The minimum Gasteiger partial charge on any atom is -0.478 e. The van der Waals surface area contributed by atoms with E-state index in [0.717, 1.165) is 0 Å². The number of nitrogens with one attached hydrogen (secondary N) is 1. The number of carbonyl (C=O) groups is 1. The zero-order valence-electron chi connectivity index (χ0n) is 10.3. The number of fused-ring (bicyclic) bond motifs is 1. The van der Waals surface area contributed by atoms with Gasteiger partial charge in [-0.15, -0.1) is 0 Å². The van der Waals surface area contributed by atoms with Crippen LogP contribution in [0.4, 0.5) is 11.5 Å². The van der Waals surface area contributed by atoms with E-state index in [1.54, 1.807) is 42.7 Å². The number of carboxylic acids is 1. The minimum absolute atomic E-state index is 0.240. The van der Waals surface area contributed by atoms with Crippen molar-refractivity contribution in [2.75, 3.05) is 5.32 Å². The summed E-state index contributed by atoms with van der Waals surface area (Å²) in [6.45, 7) is 0. The van der Waals surface area contributed by atoms with E-state index in [9.17, 15) is 4.79 Å². The summed E-state index contributed by atoms with van der Waals surface area (Å²) in [5.41, 5.74) is 1.57. The number of anilines is 2. The SMILES string of the molecule is O=C(O)c1cccc2nc(Nc3cncnc3)ccc12. The molecule has 20 heavy (non-hydrogen) atoms. The number of hydrogen-bond acceptors (Lipinski definition) is 5. The third-order valence-corrected chi connectivity index (χ3v) is 2.80. The molecule has 0 aliphatic carbocycles. The fraction of sp³-hybridized carbons (Fsp3) is 0. The summed E-state index contributed by atoms with van der Waals surface area (Å²) in [4.78, 5) is 23.3. The van der Waals surface area contributed by atoms with Crippen molar-refractivity contribution < 1.29 is 9.90 Å². The van der Waals surface area contributed by atoms with Gasteiger partial charge in [-0.1, -0.05) is 6.07 Å². The van der Waals surface area contributed by atoms with Crippen LogP contribution in [0, 0.1) is 0 Å². The van der Waals surface area contributed by atoms with E-state index in [4.69, 9.17) is 5.11 Å². The number of nitrogens with zero attached hydrogens (tertiary/aromatic N) is 3. The molecular weight excluding hydrogens is 256 g/mol. The molecule has 0 atom stereocenters. The lowest BCUT2D eigenvalue weighted by molar-refractivity contribution is 0.0699. The number of aromatic carboxylic acids is 1. The Morgan fingerprint density at radius 1 is 1.10 bits per heavy atom. The van der Waals surface area contributed by atoms with E-state index in [0.29, 0.717) is 22.4 Å². The Balaban J connectivity index is 2.01. The molecule has 0 saturated carbocycles. The highest BCUT2D eigenvalue weighted by atomic mass is 16.4. The molecule has 2 heterocycles. The Kier molecular flexibility index (Phi) is 2.96. The molecule has 3 aromatic rings. The maximum atomic E-state index is 11.1. The Morgan fingerprint density at radius 2 is 1.90 bits per heavy atom. The minimum atomic E-state index is -0.963. The summed E-state index contributed by atoms with van der Waals surface area (Å²) in [6, 6.07) is 8.47. The van der Waals surface area contributed by atoms with Crippen LogP contribution in [0.1, 0.15) is 10.4 Å². The average molecular weight is 266 g/mol. The lowest BCUT2D eigenvalue weighted by Gasteiger charge is -2.07. The van der Waals surface area contributed by atoms with Gasteiger partial charge in [0.15, 0.2) is 0 Å². The first kappa shape index (κ1) is 12.0. The van der Waals surface area contributed by atoms with Gasteiger partial charge < -0.3 is 10.4 Å². The molecule has 0 unspecified atom stereocenters. The van der Waals surface area contributed by atoms with Crippen LogP contribution in [0.3, 0.4) is 0 Å². The highest BCUT2D eigenvalue weighted by Gasteiger charge is 2.09. The van der Waals surface area contributed by atoms with E-state index in [1.807, 2.05) is 0 Å². The predicted octanol–water partition coefficient (Wildman–Crippen LogP) is 2.47. The van der Waals surface area contributed by atoms with Crippen molar-refractivity contribution in [3.05, 3.63) is 54.6 Å². The molecule has 0 fully saturated rings. The monoisotopic (exact) mass is 266 g/mol. The van der Waals surface area contributed by atoms with Gasteiger partial charge in [-0.25, -0.2) is 19.7 Å². The van der Waals surface area contributed by atoms with Crippen LogP contribution in [0.15, 0.2) is 49.1 Å². The van der Waals surface area contributed by atoms with Crippen LogP contribution in [0.5, 0.6) is 0 Å². The molecule has 3 rings (SSSR count). The molecule has 6 nitrogen and oxygen atoms in total. The Hall–Kier alpha value is -3.02. The quantitative estimate of drug-likeness (QED) is 0.757. The van der Waals surface area contributed by atoms with Gasteiger partial charge in [0.1, 0.15) is 12.1 Å². The summed E-state index contributed by atoms with van der Waals surface area (Å²) in [5.74, 6) is -0.357. The molecule has 98 valence electrons. The van der Waals surface area contributed by atoms with E-state index < -0.39 is 5.97 Å². The number of carboxylic acid groups (broad SMARTS) is 1. The third-order valence-electron chi connectivity index (χ3n) is 2.80. The van der Waals surface area contributed by atoms with Gasteiger partial charge in [0, 0.05) is 5.39 Å². The first-order valence-electron chi connectivity index (χ1n) is 5.89. The molecular formula is C14H10N4O2. The van der Waals surface area contributed by atoms with Crippen LogP contribution in [-0.4, -0.2) is 26.0 Å². The molecule has 0 amide bonds. The van der Waals surface area contributed by atoms with Gasteiger partial charge in [0.2, 0.25) is 0 Å². The van der Waals surface area contributed by atoms with Crippen LogP contribution in [0.2, 0.25) is 0 Å². The fourth-order valence-corrected chi connectivity index (χ4v) is 1.92. The van der Waals surface area contributed by atoms with Gasteiger partial charge in [0.25, 0.3) is 0 Å². The van der Waals surface area contributed by atoms with Crippen LogP contribution in [-0.2, 0) is 0 Å². The molecule has 2 aromatic heterocycles. The van der Waals surface area contributed by atoms with Gasteiger partial charge in [0.05, 0.1) is 29.2 Å². The molecule has 0 saturated heterocycles. The molecule has 2 N–H and O–H groups in total. The zero-order chi connectivity index (χ0) is 13.9. The van der Waals surface area contributed by atoms with Gasteiger partial charge >= 0.3 is 5.97 Å². The second-order valence-corrected chi connectivity index (χ2v) is 4.13. The molecule has 0 spiro atoms. The highest BCUT2D eigenvalue weighted by Crippen LogP contribution is 2.21. The van der Waals surface area contributed by atoms with Crippen molar-refractivity contribution in [3.8, 4) is 0 Å². The first-order valence-corrected chi connectivity index (χ1v) is 5.89. The van der Waals surface area contributed by atoms with Crippen molar-refractivity contribution in [2.24, 2.45) is 0 Å². The highest BCUT2D eigenvalue weighted by molar-refractivity contribution is 6.02. The summed E-state index contributed by atoms with van der Waals surface area (Å²) in [6.07, 6.45) is 4.71. The van der Waals surface area contributed by atoms with Crippen LogP contribution >= 0.6 is 0 Å². The van der Waals surface area contributed by atoms with Crippen molar-refractivity contribution >= 4 is 28.4 Å². The number of aromatic nitrogens is 3. The molecule has 0 radical (unpaired) electrons. The summed E-state index contributed by atoms with van der Waals surface area (Å²) in [7, 11) is 0. The average Bonchev–Trinajstić information content (AvgIpc) is 2.47. The summed E-state index contributed by atoms with van der Waals surface area (Å²) >= 11 is 0. The molecule has 1 aromatic carbocycles. The lowest BCUT2D eigenvalue weighted by atomic mass is 10.1. The van der Waals surface area contributed by atoms with Crippen molar-refractivity contribution in [1.82, 2.24) is 15.0 Å². The second kappa shape index (κ2) is 4.93. The van der Waals surface area contributed by atoms with E-state index in [2.05, 4.69) is 20.3 Å². The third kappa shape index (κ3) is 2.26. The normalized spacial score (nSPS) is 10.4. The van der Waals surface area contributed by atoms with Crippen LogP contribution < -0.4 is 5.32 Å². The van der Waals surface area contributed by atoms with E-state index >= 15 is 0 Å². The Labute approximate surface area is 114 Å². The Bertz CT molecular complexity index is 774. The van der Waals surface area contributed by atoms with Gasteiger partial charge in [-0.05, 0) is 24.3 Å². The maximum absolute atomic E-state index is 11.1. The maximum Gasteiger partial charge on any atom is 0.336 e. The molecule has 0 aliphatic heterocycles. The first-order chi connectivity index (χ1) is 9.74. The molecule has 0 bridgehead atoms. The standard InChI is InChI=1S/C14H10N4O2/c19-14(20)11-2-1-3-12-10(11)4-5-13(18-12)17-9-6-15-8-16-7-9/h1-8H,(H,17,18)(H,19,20). The van der Waals surface area contributed by atoms with Gasteiger partial charge in [-0.2, -0.15) is 0 Å². The largest absolute Gasteiger partial charge is 0.478 e. The summed E-state index contributed by atoms with van der Waals surface area (Å²) < 4.78 is 0. The van der Waals surface area contributed by atoms with Crippen molar-refractivity contribution in [3.63, 3.8) is 0 Å². The van der Waals surface area contributed by atoms with E-state index in [1.165, 1.54) is 6.33 Å². The second-order valence-electron chi connectivity index (χ2n) is 4.13. The Morgan fingerprint density at radius 3 is 2.65 bits per heavy atom. The number of benzene rings is 1. The van der Waals surface area contributed by atoms with Crippen LogP contribution in [0.25, 0.3) is 10.9 Å². The van der Waals surface area contributed by atoms with Crippen molar-refractivity contribution in [1.29, 1.82) is 0 Å². The molecule has 6 heteroatoms. The topological polar surface area (TPSA) is 88.0 Å². The van der Waals surface area contributed by atoms with E-state index in [-0.39, 0.29) is 5.56 Å². The zero-order valence-corrected chi connectivity index (χ0v) is 10.3. The lowest BCUT2D eigenvalue weighted by Crippen LogP contribution is -1.99. The summed E-state index contributed by atoms with van der Waals surface area (Å²) in [5, 5.41) is 12.8. The van der Waals surface area contributed by atoms with Gasteiger partial charge in [-0.3, -0.25) is 0 Å². The number of pyridine rings is 1. The fourth-order valence-electron chi connectivity index (χ4n) is 1.92. The van der Waals surface area contributed by atoms with Crippen molar-refractivity contribution in [2.45, 2.75) is 0 Å². The number of hydrogen-bond donors (Lipinski definition) is 2. The predicted molar refractivity (Wildman–Crippen MR) is 74.0 cm³/mol. The molecule has 0 aliphatic rings. The smallest absolute Gasteiger partial charge is 0.336 e.